The number of methoxy groups -OCH3 is 1. The predicted molar refractivity (Wildman–Crippen MR) is 100 cm³/mol. The minimum atomic E-state index is -0.103. The summed E-state index contributed by atoms with van der Waals surface area (Å²) in [6.45, 7) is 6.90. The molecule has 0 spiro atoms. The Kier molecular flexibility index (Phi) is 5.54. The second-order valence-electron chi connectivity index (χ2n) is 7.24. The average molecular weight is 337 g/mol. The lowest BCUT2D eigenvalue weighted by Crippen LogP contribution is -2.24. The van der Waals surface area contributed by atoms with Crippen LogP contribution in [0.15, 0.2) is 54.6 Å². The van der Waals surface area contributed by atoms with Crippen LogP contribution < -0.4 is 0 Å². The van der Waals surface area contributed by atoms with Crippen LogP contribution in [0.5, 0.6) is 0 Å². The summed E-state index contributed by atoms with van der Waals surface area (Å²) in [5, 5.41) is 0. The molecular formula is C22H27NO2. The first-order valence-electron chi connectivity index (χ1n) is 9.02. The number of hydrogen-bond acceptors (Lipinski definition) is 3. The van der Waals surface area contributed by atoms with Gasteiger partial charge >= 0.3 is 5.97 Å². The van der Waals surface area contributed by atoms with Crippen LogP contribution in [0.25, 0.3) is 0 Å². The van der Waals surface area contributed by atoms with Gasteiger partial charge in [0.05, 0.1) is 13.0 Å². The van der Waals surface area contributed by atoms with Crippen LogP contribution in [0.1, 0.15) is 42.4 Å². The first-order chi connectivity index (χ1) is 12.1. The van der Waals surface area contributed by atoms with E-state index in [9.17, 15) is 4.79 Å². The Labute approximate surface area is 150 Å². The molecule has 2 aromatic carbocycles. The highest BCUT2D eigenvalue weighted by Gasteiger charge is 2.39. The number of nitrogens with zero attached hydrogens (tertiary/aromatic N) is 1. The molecule has 2 aromatic rings. The Morgan fingerprint density at radius 1 is 1.08 bits per heavy atom. The zero-order valence-electron chi connectivity index (χ0n) is 15.3. The summed E-state index contributed by atoms with van der Waals surface area (Å²) in [6, 6.07) is 19.2. The largest absolute Gasteiger partial charge is 0.469 e. The third-order valence-corrected chi connectivity index (χ3v) is 5.18. The van der Waals surface area contributed by atoms with Crippen molar-refractivity contribution in [3.8, 4) is 0 Å². The number of ether oxygens (including phenoxy) is 1. The summed E-state index contributed by atoms with van der Waals surface area (Å²) in [4.78, 5) is 14.7. The number of hydrogen-bond donors (Lipinski definition) is 0. The van der Waals surface area contributed by atoms with Crippen molar-refractivity contribution >= 4 is 5.97 Å². The molecule has 2 atom stereocenters. The fraction of sp³-hybridized carbons (Fsp3) is 0.409. The molecular weight excluding hydrogens is 310 g/mol. The molecule has 0 bridgehead atoms. The molecule has 0 amide bonds. The van der Waals surface area contributed by atoms with Crippen molar-refractivity contribution in [2.75, 3.05) is 20.2 Å². The lowest BCUT2D eigenvalue weighted by molar-refractivity contribution is -0.145. The van der Waals surface area contributed by atoms with E-state index in [1.807, 2.05) is 6.07 Å². The highest BCUT2D eigenvalue weighted by Crippen LogP contribution is 2.35. The molecule has 1 aliphatic rings. The highest BCUT2D eigenvalue weighted by atomic mass is 16.5. The normalized spacial score (nSPS) is 20.8. The number of likely N-dealkylation sites (tertiary alicyclic amines) is 1. The molecule has 1 fully saturated rings. The molecule has 0 aromatic heterocycles. The summed E-state index contributed by atoms with van der Waals surface area (Å²) in [5.74, 6) is 0.507. The second-order valence-corrected chi connectivity index (χ2v) is 7.24. The standard InChI is InChI=1S/C22H27NO2/c1-16(2)18-9-11-19(12-10-18)20-14-23(15-21(20)22(24)25-3)13-17-7-5-4-6-8-17/h4-12,16,20-21H,13-15H2,1-3H3/t20-,21+/m1/s1. The Balaban J connectivity index is 1.79. The van der Waals surface area contributed by atoms with Gasteiger partial charge in [0.25, 0.3) is 0 Å². The highest BCUT2D eigenvalue weighted by molar-refractivity contribution is 5.74. The Morgan fingerprint density at radius 3 is 2.36 bits per heavy atom. The van der Waals surface area contributed by atoms with Gasteiger partial charge in [-0.15, -0.1) is 0 Å². The number of rotatable bonds is 5. The maximum atomic E-state index is 12.3. The molecule has 3 heteroatoms. The molecule has 132 valence electrons. The van der Waals surface area contributed by atoms with E-state index >= 15 is 0 Å². The second kappa shape index (κ2) is 7.83. The fourth-order valence-corrected chi connectivity index (χ4v) is 3.71. The minimum absolute atomic E-state index is 0.0985. The maximum absolute atomic E-state index is 12.3. The molecule has 3 nitrogen and oxygen atoms in total. The van der Waals surface area contributed by atoms with E-state index in [0.717, 1.165) is 19.6 Å². The third kappa shape index (κ3) is 4.10. The van der Waals surface area contributed by atoms with Gasteiger partial charge < -0.3 is 4.74 Å². The summed E-state index contributed by atoms with van der Waals surface area (Å²) in [6.07, 6.45) is 0. The number of benzene rings is 2. The van der Waals surface area contributed by atoms with Crippen LogP contribution in [-0.4, -0.2) is 31.1 Å². The maximum Gasteiger partial charge on any atom is 0.310 e. The molecule has 1 heterocycles. The molecule has 0 aliphatic carbocycles. The van der Waals surface area contributed by atoms with Gasteiger partial charge in [-0.1, -0.05) is 68.4 Å². The molecule has 3 rings (SSSR count). The van der Waals surface area contributed by atoms with Gasteiger partial charge in [-0.05, 0) is 22.6 Å². The Hall–Kier alpha value is -2.13. The van der Waals surface area contributed by atoms with Crippen LogP contribution >= 0.6 is 0 Å². The average Bonchev–Trinajstić information content (AvgIpc) is 3.05. The lowest BCUT2D eigenvalue weighted by atomic mass is 9.88. The summed E-state index contributed by atoms with van der Waals surface area (Å²) in [7, 11) is 1.49. The zero-order valence-corrected chi connectivity index (χ0v) is 15.3. The SMILES string of the molecule is COC(=O)[C@H]1CN(Cc2ccccc2)C[C@@H]1c1ccc(C(C)C)cc1. The van der Waals surface area contributed by atoms with Gasteiger partial charge in [-0.3, -0.25) is 9.69 Å². The Bertz CT molecular complexity index is 694. The van der Waals surface area contributed by atoms with Crippen molar-refractivity contribution in [2.45, 2.75) is 32.2 Å². The first kappa shape index (κ1) is 17.7. The van der Waals surface area contributed by atoms with Crippen molar-refractivity contribution in [3.63, 3.8) is 0 Å². The number of carbonyl (C=O) groups excluding carboxylic acids is 1. The molecule has 0 N–H and O–H groups in total. The third-order valence-electron chi connectivity index (χ3n) is 5.18. The van der Waals surface area contributed by atoms with E-state index < -0.39 is 0 Å². The molecule has 0 saturated carbocycles. The van der Waals surface area contributed by atoms with E-state index in [4.69, 9.17) is 4.74 Å². The summed E-state index contributed by atoms with van der Waals surface area (Å²) in [5.41, 5.74) is 3.84. The van der Waals surface area contributed by atoms with Crippen LogP contribution in [0.3, 0.4) is 0 Å². The van der Waals surface area contributed by atoms with Crippen molar-refractivity contribution in [2.24, 2.45) is 5.92 Å². The Morgan fingerprint density at radius 2 is 1.76 bits per heavy atom. The molecule has 1 aliphatic heterocycles. The van der Waals surface area contributed by atoms with Crippen molar-refractivity contribution in [1.82, 2.24) is 4.90 Å². The van der Waals surface area contributed by atoms with E-state index in [2.05, 4.69) is 67.3 Å². The van der Waals surface area contributed by atoms with Gasteiger partial charge in [0.2, 0.25) is 0 Å². The van der Waals surface area contributed by atoms with E-state index in [-0.39, 0.29) is 17.8 Å². The minimum Gasteiger partial charge on any atom is -0.469 e. The first-order valence-corrected chi connectivity index (χ1v) is 9.02. The van der Waals surface area contributed by atoms with E-state index in [0.29, 0.717) is 5.92 Å². The van der Waals surface area contributed by atoms with Crippen LogP contribution in [0.2, 0.25) is 0 Å². The summed E-state index contributed by atoms with van der Waals surface area (Å²) < 4.78 is 5.08. The quantitative estimate of drug-likeness (QED) is 0.766. The smallest absolute Gasteiger partial charge is 0.310 e. The van der Waals surface area contributed by atoms with Gasteiger partial charge in [0, 0.05) is 25.6 Å². The van der Waals surface area contributed by atoms with Gasteiger partial charge in [-0.2, -0.15) is 0 Å². The van der Waals surface area contributed by atoms with Crippen LogP contribution in [-0.2, 0) is 16.1 Å². The lowest BCUT2D eigenvalue weighted by Gasteiger charge is -2.18. The topological polar surface area (TPSA) is 29.5 Å². The molecule has 0 radical (unpaired) electrons. The van der Waals surface area contributed by atoms with Crippen LogP contribution in [0.4, 0.5) is 0 Å². The van der Waals surface area contributed by atoms with Crippen molar-refractivity contribution in [3.05, 3.63) is 71.3 Å². The van der Waals surface area contributed by atoms with E-state index in [1.54, 1.807) is 0 Å². The number of esters is 1. The zero-order chi connectivity index (χ0) is 17.8. The molecule has 0 unspecified atom stereocenters. The van der Waals surface area contributed by atoms with Crippen LogP contribution in [0, 0.1) is 5.92 Å². The van der Waals surface area contributed by atoms with E-state index in [1.165, 1.54) is 23.8 Å². The van der Waals surface area contributed by atoms with Gasteiger partial charge in [0.15, 0.2) is 0 Å². The fourth-order valence-electron chi connectivity index (χ4n) is 3.71. The van der Waals surface area contributed by atoms with Crippen molar-refractivity contribution in [1.29, 1.82) is 0 Å². The predicted octanol–water partition coefficient (Wildman–Crippen LogP) is 4.20. The molecule has 1 saturated heterocycles. The van der Waals surface area contributed by atoms with Gasteiger partial charge in [-0.25, -0.2) is 0 Å². The number of carbonyl (C=O) groups is 1. The molecule has 25 heavy (non-hydrogen) atoms. The summed E-state index contributed by atoms with van der Waals surface area (Å²) >= 11 is 0. The monoisotopic (exact) mass is 337 g/mol. The van der Waals surface area contributed by atoms with Gasteiger partial charge in [0.1, 0.15) is 0 Å². The van der Waals surface area contributed by atoms with Crippen molar-refractivity contribution < 1.29 is 9.53 Å².